The van der Waals surface area contributed by atoms with Crippen LogP contribution in [-0.2, 0) is 21.2 Å². The number of sulfonamides is 1. The van der Waals surface area contributed by atoms with Gasteiger partial charge >= 0.3 is 12.1 Å². The van der Waals surface area contributed by atoms with Crippen LogP contribution in [0.3, 0.4) is 0 Å². The van der Waals surface area contributed by atoms with Gasteiger partial charge in [-0.3, -0.25) is 9.52 Å². The summed E-state index contributed by atoms with van der Waals surface area (Å²) in [6, 6.07) is 0. The van der Waals surface area contributed by atoms with Gasteiger partial charge in [-0.2, -0.15) is 13.2 Å². The summed E-state index contributed by atoms with van der Waals surface area (Å²) in [7, 11) is -3.92. The summed E-state index contributed by atoms with van der Waals surface area (Å²) in [5, 5.41) is 9.82. The lowest BCUT2D eigenvalue weighted by atomic mass is 10.3. The fourth-order valence-corrected chi connectivity index (χ4v) is 3.30. The Morgan fingerprint density at radius 1 is 1.45 bits per heavy atom. The molecular formula is C9H11F3N2O4S2. The van der Waals surface area contributed by atoms with Crippen LogP contribution in [0.5, 0.6) is 0 Å². The van der Waals surface area contributed by atoms with E-state index in [-0.39, 0.29) is 17.2 Å². The van der Waals surface area contributed by atoms with E-state index in [0.29, 0.717) is 0 Å². The van der Waals surface area contributed by atoms with E-state index in [0.717, 1.165) is 11.3 Å². The lowest BCUT2D eigenvalue weighted by Gasteiger charge is -2.07. The van der Waals surface area contributed by atoms with Gasteiger partial charge in [0.05, 0.1) is 17.9 Å². The van der Waals surface area contributed by atoms with Crippen molar-refractivity contribution in [3.63, 3.8) is 0 Å². The summed E-state index contributed by atoms with van der Waals surface area (Å²) in [4.78, 5) is 14.1. The highest BCUT2D eigenvalue weighted by molar-refractivity contribution is 7.92. The number of carbonyl (C=O) groups is 1. The van der Waals surface area contributed by atoms with E-state index in [1.165, 1.54) is 5.38 Å². The molecule has 0 saturated heterocycles. The van der Waals surface area contributed by atoms with Gasteiger partial charge in [-0.25, -0.2) is 13.4 Å². The molecule has 0 saturated carbocycles. The third-order valence-electron chi connectivity index (χ3n) is 2.00. The molecule has 1 rings (SSSR count). The van der Waals surface area contributed by atoms with Gasteiger partial charge in [0.25, 0.3) is 0 Å². The highest BCUT2D eigenvalue weighted by Crippen LogP contribution is 2.22. The fraction of sp³-hybridized carbons (Fsp3) is 0.556. The summed E-state index contributed by atoms with van der Waals surface area (Å²) < 4.78 is 60.7. The molecule has 1 aromatic heterocycles. The molecule has 0 aliphatic rings. The molecule has 114 valence electrons. The van der Waals surface area contributed by atoms with Gasteiger partial charge in [-0.1, -0.05) is 0 Å². The lowest BCUT2D eigenvalue weighted by molar-refractivity contribution is -0.136. The molecule has 0 radical (unpaired) electrons. The molecule has 0 aromatic carbocycles. The van der Waals surface area contributed by atoms with Gasteiger partial charge < -0.3 is 5.11 Å². The van der Waals surface area contributed by atoms with E-state index in [2.05, 4.69) is 4.98 Å². The van der Waals surface area contributed by atoms with Gasteiger partial charge in [0.1, 0.15) is 0 Å². The monoisotopic (exact) mass is 332 g/mol. The van der Waals surface area contributed by atoms with Crippen LogP contribution in [-0.4, -0.2) is 36.4 Å². The minimum absolute atomic E-state index is 0.0618. The minimum atomic E-state index is -4.40. The summed E-state index contributed by atoms with van der Waals surface area (Å²) in [5.41, 5.74) is 0.176. The van der Waals surface area contributed by atoms with Crippen molar-refractivity contribution >= 4 is 32.5 Å². The molecule has 0 aliphatic heterocycles. The first kappa shape index (κ1) is 16.7. The van der Waals surface area contributed by atoms with Crippen molar-refractivity contribution in [3.05, 3.63) is 11.1 Å². The first-order valence-corrected chi connectivity index (χ1v) is 7.84. The Balaban J connectivity index is 2.53. The zero-order valence-corrected chi connectivity index (χ0v) is 11.6. The van der Waals surface area contributed by atoms with Gasteiger partial charge in [0, 0.05) is 11.8 Å². The zero-order valence-electron chi connectivity index (χ0n) is 9.98. The van der Waals surface area contributed by atoms with Crippen LogP contribution in [0.2, 0.25) is 0 Å². The van der Waals surface area contributed by atoms with Gasteiger partial charge in [0.15, 0.2) is 5.13 Å². The smallest absolute Gasteiger partial charge is 0.389 e. The SMILES string of the molecule is O=C(O)Cc1csc(NS(=O)(=O)CCCC(F)(F)F)n1. The summed E-state index contributed by atoms with van der Waals surface area (Å²) in [5.74, 6) is -1.80. The van der Waals surface area contributed by atoms with E-state index in [4.69, 9.17) is 5.11 Å². The normalized spacial score (nSPS) is 12.3. The number of alkyl halides is 3. The maximum Gasteiger partial charge on any atom is 0.389 e. The third-order valence-corrected chi connectivity index (χ3v) is 4.27. The first-order chi connectivity index (χ1) is 9.07. The standard InChI is InChI=1S/C9H11F3N2O4S2/c10-9(11,12)2-1-3-20(17,18)14-8-13-6(5-19-8)4-7(15)16/h5H,1-4H2,(H,13,14)(H,15,16). The molecule has 0 fully saturated rings. The molecule has 6 nitrogen and oxygen atoms in total. The second-order valence-electron chi connectivity index (χ2n) is 3.85. The number of aliphatic carboxylic acids is 1. The molecule has 0 amide bonds. The Labute approximate surface area is 116 Å². The average molecular weight is 332 g/mol. The van der Waals surface area contributed by atoms with Crippen LogP contribution in [0.4, 0.5) is 18.3 Å². The van der Waals surface area contributed by atoms with E-state index >= 15 is 0 Å². The minimum Gasteiger partial charge on any atom is -0.481 e. The molecule has 20 heavy (non-hydrogen) atoms. The largest absolute Gasteiger partial charge is 0.481 e. The Hall–Kier alpha value is -1.36. The van der Waals surface area contributed by atoms with Crippen LogP contribution >= 0.6 is 11.3 Å². The highest BCUT2D eigenvalue weighted by atomic mass is 32.2. The van der Waals surface area contributed by atoms with E-state index < -0.39 is 40.8 Å². The molecule has 0 aliphatic carbocycles. The van der Waals surface area contributed by atoms with Crippen LogP contribution in [0.1, 0.15) is 18.5 Å². The van der Waals surface area contributed by atoms with Crippen molar-refractivity contribution in [2.24, 2.45) is 0 Å². The second kappa shape index (κ2) is 6.39. The number of nitrogens with one attached hydrogen (secondary N) is 1. The van der Waals surface area contributed by atoms with Crippen molar-refractivity contribution < 1.29 is 31.5 Å². The molecule has 1 heterocycles. The van der Waals surface area contributed by atoms with E-state index in [1.807, 2.05) is 4.72 Å². The van der Waals surface area contributed by atoms with E-state index in [1.54, 1.807) is 0 Å². The molecular weight excluding hydrogens is 321 g/mol. The highest BCUT2D eigenvalue weighted by Gasteiger charge is 2.27. The van der Waals surface area contributed by atoms with E-state index in [9.17, 15) is 26.4 Å². The molecule has 0 atom stereocenters. The first-order valence-electron chi connectivity index (χ1n) is 5.31. The molecule has 0 bridgehead atoms. The zero-order chi connectivity index (χ0) is 15.4. The van der Waals surface area contributed by atoms with Crippen molar-refractivity contribution in [1.82, 2.24) is 4.98 Å². The van der Waals surface area contributed by atoms with Crippen LogP contribution in [0.15, 0.2) is 5.38 Å². The number of halogens is 3. The Morgan fingerprint density at radius 2 is 2.10 bits per heavy atom. The maximum atomic E-state index is 11.9. The Bertz CT molecular complexity index is 568. The van der Waals surface area contributed by atoms with Crippen molar-refractivity contribution in [1.29, 1.82) is 0 Å². The number of hydrogen-bond acceptors (Lipinski definition) is 5. The van der Waals surface area contributed by atoms with Gasteiger partial charge in [-0.15, -0.1) is 11.3 Å². The number of anilines is 1. The number of nitrogens with zero attached hydrogens (tertiary/aromatic N) is 1. The number of carboxylic acid groups (broad SMARTS) is 1. The van der Waals surface area contributed by atoms with Crippen LogP contribution < -0.4 is 4.72 Å². The predicted molar refractivity (Wildman–Crippen MR) is 66.2 cm³/mol. The predicted octanol–water partition coefficient (Wildman–Crippen LogP) is 1.85. The van der Waals surface area contributed by atoms with Crippen molar-refractivity contribution in [2.75, 3.05) is 10.5 Å². The van der Waals surface area contributed by atoms with Crippen LogP contribution in [0.25, 0.3) is 0 Å². The molecule has 0 unspecified atom stereocenters. The van der Waals surface area contributed by atoms with Crippen LogP contribution in [0, 0.1) is 0 Å². The molecule has 11 heteroatoms. The Kier molecular flexibility index (Phi) is 5.34. The second-order valence-corrected chi connectivity index (χ2v) is 6.55. The summed E-state index contributed by atoms with van der Waals surface area (Å²) in [6.45, 7) is 0. The number of hydrogen-bond donors (Lipinski definition) is 2. The number of carboxylic acids is 1. The number of aromatic nitrogens is 1. The lowest BCUT2D eigenvalue weighted by Crippen LogP contribution is -2.18. The molecule has 0 spiro atoms. The topological polar surface area (TPSA) is 96.4 Å². The quantitative estimate of drug-likeness (QED) is 0.794. The Morgan fingerprint density at radius 3 is 2.65 bits per heavy atom. The molecule has 2 N–H and O–H groups in total. The molecule has 1 aromatic rings. The number of rotatable bonds is 7. The van der Waals surface area contributed by atoms with Gasteiger partial charge in [0.2, 0.25) is 10.0 Å². The van der Waals surface area contributed by atoms with Gasteiger partial charge in [-0.05, 0) is 6.42 Å². The van der Waals surface area contributed by atoms with Crippen molar-refractivity contribution in [2.45, 2.75) is 25.4 Å². The summed E-state index contributed by atoms with van der Waals surface area (Å²) >= 11 is 0.870. The van der Waals surface area contributed by atoms with Crippen molar-refractivity contribution in [3.8, 4) is 0 Å². The third kappa shape index (κ3) is 6.70. The summed E-state index contributed by atoms with van der Waals surface area (Å²) in [6.07, 6.45) is -6.49. The number of thiazole rings is 1. The average Bonchev–Trinajstić information content (AvgIpc) is 2.60. The maximum absolute atomic E-state index is 11.9. The fourth-order valence-electron chi connectivity index (χ4n) is 1.24.